The molecule has 0 spiro atoms. The van der Waals surface area contributed by atoms with Gasteiger partial charge in [0.15, 0.2) is 0 Å². The second-order valence-corrected chi connectivity index (χ2v) is 12.8. The van der Waals surface area contributed by atoms with Crippen LogP contribution in [-0.4, -0.2) is 41.4 Å². The summed E-state index contributed by atoms with van der Waals surface area (Å²) in [6.45, 7) is 6.11. The molecule has 0 aromatic rings. The van der Waals surface area contributed by atoms with Gasteiger partial charge in [-0.15, -0.1) is 0 Å². The van der Waals surface area contributed by atoms with E-state index >= 15 is 0 Å². The molecular formula is C34H66NNaO3S. The van der Waals surface area contributed by atoms with Crippen molar-refractivity contribution in [2.24, 2.45) is 0 Å². The van der Waals surface area contributed by atoms with Gasteiger partial charge in [-0.2, -0.15) is 11.8 Å². The number of hydrogen-bond acceptors (Lipinski definition) is 4. The van der Waals surface area contributed by atoms with Crippen molar-refractivity contribution in [3.63, 3.8) is 0 Å². The summed E-state index contributed by atoms with van der Waals surface area (Å²) in [5, 5.41) is 10.4. The molecule has 232 valence electrons. The minimum atomic E-state index is -0.931. The molecule has 0 aliphatic heterocycles. The van der Waals surface area contributed by atoms with Crippen LogP contribution in [0.4, 0.5) is 0 Å². The first-order valence-electron chi connectivity index (χ1n) is 17.2. The summed E-state index contributed by atoms with van der Waals surface area (Å²) in [4.78, 5) is 25.0. The Morgan fingerprint density at radius 3 is 1.32 bits per heavy atom. The molecule has 0 saturated carbocycles. The Labute approximate surface area is 276 Å². The number of carboxylic acids is 1. The zero-order chi connectivity index (χ0) is 28.7. The van der Waals surface area contributed by atoms with Crippen LogP contribution in [0.25, 0.3) is 0 Å². The third kappa shape index (κ3) is 32.8. The number of thioether (sulfide) groups is 1. The van der Waals surface area contributed by atoms with Crippen molar-refractivity contribution < 1.29 is 44.3 Å². The van der Waals surface area contributed by atoms with Crippen LogP contribution in [0.2, 0.25) is 0 Å². The number of carboxylic acid groups (broad SMARTS) is 1. The molecule has 0 radical (unpaired) electrons. The fourth-order valence-corrected chi connectivity index (χ4v) is 6.25. The third-order valence-corrected chi connectivity index (χ3v) is 9.02. The number of aliphatic carboxylic acids is 1. The van der Waals surface area contributed by atoms with Crippen molar-refractivity contribution >= 4 is 23.6 Å². The predicted molar refractivity (Wildman–Crippen MR) is 170 cm³/mol. The second-order valence-electron chi connectivity index (χ2n) is 11.6. The van der Waals surface area contributed by atoms with Gasteiger partial charge >= 0.3 is 29.6 Å². The normalized spacial score (nSPS) is 10.9. The molecule has 0 atom stereocenters. The summed E-state index contributed by atoms with van der Waals surface area (Å²) in [6, 6.07) is 0. The van der Waals surface area contributed by atoms with Gasteiger partial charge in [0.25, 0.3) is 0 Å². The first-order chi connectivity index (χ1) is 19.1. The van der Waals surface area contributed by atoms with E-state index in [0.717, 1.165) is 45.2 Å². The Bertz CT molecular complexity index is 535. The van der Waals surface area contributed by atoms with Crippen molar-refractivity contribution in [2.45, 2.75) is 181 Å². The van der Waals surface area contributed by atoms with Gasteiger partial charge in [-0.1, -0.05) is 129 Å². The standard InChI is InChI=1S/C34H67NO3S.Na/c1-3-5-6-7-8-9-12-16-21-26-31-39-32-27-22-17-14-18-23-28-33(36)35(4-2)30-25-20-15-11-10-13-19-24-29-34(37)38;/h3-32H2,1-2H3,(H,37,38);/q;+1/p-1. The Morgan fingerprint density at radius 2 is 0.900 bits per heavy atom. The molecule has 40 heavy (non-hydrogen) atoms. The maximum atomic E-state index is 12.5. The van der Waals surface area contributed by atoms with E-state index in [4.69, 9.17) is 0 Å². The SMILES string of the molecule is CCCCCCCCCCCCSCCCCCCCCC(=O)N(CC)CCCCCCCCCCC(=O)[O-].[Na+]. The summed E-state index contributed by atoms with van der Waals surface area (Å²) in [7, 11) is 0. The number of carbonyl (C=O) groups is 2. The fraction of sp³-hybridized carbons (Fsp3) is 0.941. The molecule has 6 heteroatoms. The van der Waals surface area contributed by atoms with E-state index in [1.54, 1.807) is 0 Å². The number of rotatable bonds is 32. The molecule has 0 aliphatic carbocycles. The van der Waals surface area contributed by atoms with Gasteiger partial charge in [0.1, 0.15) is 0 Å². The van der Waals surface area contributed by atoms with E-state index in [0.29, 0.717) is 12.3 Å². The molecule has 4 nitrogen and oxygen atoms in total. The molecule has 0 bridgehead atoms. The second kappa shape index (κ2) is 35.5. The van der Waals surface area contributed by atoms with Crippen molar-refractivity contribution in [2.75, 3.05) is 24.6 Å². The van der Waals surface area contributed by atoms with Crippen LogP contribution >= 0.6 is 11.8 Å². The van der Waals surface area contributed by atoms with Gasteiger partial charge in [-0.05, 0) is 57.0 Å². The maximum Gasteiger partial charge on any atom is 1.00 e. The molecule has 1 amide bonds. The number of nitrogens with zero attached hydrogens (tertiary/aromatic N) is 1. The zero-order valence-electron chi connectivity index (χ0n) is 27.3. The Morgan fingerprint density at radius 1 is 0.525 bits per heavy atom. The van der Waals surface area contributed by atoms with E-state index in [1.165, 1.54) is 134 Å². The topological polar surface area (TPSA) is 60.4 Å². The molecule has 0 N–H and O–H groups in total. The number of amides is 1. The summed E-state index contributed by atoms with van der Waals surface area (Å²) < 4.78 is 0. The molecule has 0 saturated heterocycles. The number of carbonyl (C=O) groups excluding carboxylic acids is 2. The first kappa shape index (κ1) is 42.4. The number of hydrogen-bond donors (Lipinski definition) is 0. The minimum Gasteiger partial charge on any atom is -0.550 e. The molecule has 0 heterocycles. The monoisotopic (exact) mass is 591 g/mol. The van der Waals surface area contributed by atoms with Crippen LogP contribution in [0.15, 0.2) is 0 Å². The fourth-order valence-electron chi connectivity index (χ4n) is 5.23. The summed E-state index contributed by atoms with van der Waals surface area (Å²) in [6.07, 6.45) is 31.4. The van der Waals surface area contributed by atoms with Crippen LogP contribution in [0.5, 0.6) is 0 Å². The molecule has 0 rings (SSSR count). The average Bonchev–Trinajstić information content (AvgIpc) is 2.92. The maximum absolute atomic E-state index is 12.5. The Kier molecular flexibility index (Phi) is 37.6. The zero-order valence-corrected chi connectivity index (χ0v) is 30.1. The Hall–Kier alpha value is 0.290. The first-order valence-corrected chi connectivity index (χ1v) is 18.3. The largest absolute Gasteiger partial charge is 1.00 e. The number of unbranched alkanes of at least 4 members (excludes halogenated alkanes) is 21. The smallest absolute Gasteiger partial charge is 0.550 e. The van der Waals surface area contributed by atoms with E-state index in [-0.39, 0.29) is 36.0 Å². The van der Waals surface area contributed by atoms with E-state index < -0.39 is 5.97 Å². The van der Waals surface area contributed by atoms with Crippen molar-refractivity contribution in [1.29, 1.82) is 0 Å². The van der Waals surface area contributed by atoms with Crippen LogP contribution in [0.3, 0.4) is 0 Å². The van der Waals surface area contributed by atoms with Crippen LogP contribution in [0, 0.1) is 0 Å². The van der Waals surface area contributed by atoms with Gasteiger partial charge in [0.05, 0.1) is 0 Å². The van der Waals surface area contributed by atoms with E-state index in [1.807, 2.05) is 4.90 Å². The quantitative estimate of drug-likeness (QED) is 0.0663. The third-order valence-electron chi connectivity index (χ3n) is 7.86. The van der Waals surface area contributed by atoms with E-state index in [9.17, 15) is 14.7 Å². The van der Waals surface area contributed by atoms with Gasteiger partial charge in [-0.3, -0.25) is 4.79 Å². The van der Waals surface area contributed by atoms with Gasteiger partial charge in [0, 0.05) is 25.5 Å². The summed E-state index contributed by atoms with van der Waals surface area (Å²) in [5.41, 5.74) is 0. The van der Waals surface area contributed by atoms with Crippen LogP contribution in [-0.2, 0) is 9.59 Å². The summed E-state index contributed by atoms with van der Waals surface area (Å²) >= 11 is 2.15. The molecule has 0 unspecified atom stereocenters. The van der Waals surface area contributed by atoms with Gasteiger partial charge < -0.3 is 14.8 Å². The molecule has 0 aliphatic rings. The predicted octanol–water partition coefficient (Wildman–Crippen LogP) is 6.48. The molecule has 0 fully saturated rings. The van der Waals surface area contributed by atoms with Gasteiger partial charge in [-0.25, -0.2) is 0 Å². The van der Waals surface area contributed by atoms with Crippen molar-refractivity contribution in [3.8, 4) is 0 Å². The Balaban J connectivity index is 0. The van der Waals surface area contributed by atoms with Crippen molar-refractivity contribution in [3.05, 3.63) is 0 Å². The molecular weight excluding hydrogens is 525 g/mol. The molecule has 0 aromatic carbocycles. The van der Waals surface area contributed by atoms with Crippen molar-refractivity contribution in [1.82, 2.24) is 4.90 Å². The van der Waals surface area contributed by atoms with Crippen LogP contribution < -0.4 is 34.7 Å². The summed E-state index contributed by atoms with van der Waals surface area (Å²) in [5.74, 6) is 2.08. The minimum absolute atomic E-state index is 0. The average molecular weight is 592 g/mol. The van der Waals surface area contributed by atoms with Crippen LogP contribution in [0.1, 0.15) is 181 Å². The van der Waals surface area contributed by atoms with E-state index in [2.05, 4.69) is 25.6 Å². The molecule has 0 aromatic heterocycles. The van der Waals surface area contributed by atoms with Gasteiger partial charge in [0.2, 0.25) is 5.91 Å².